The van der Waals surface area contributed by atoms with Crippen molar-refractivity contribution in [2.24, 2.45) is 0 Å². The Kier molecular flexibility index (Phi) is 6.37. The number of anilines is 2. The van der Waals surface area contributed by atoms with E-state index < -0.39 is 5.41 Å². The predicted octanol–water partition coefficient (Wildman–Crippen LogP) is 3.67. The number of hydrogen-bond donors (Lipinski definition) is 2. The van der Waals surface area contributed by atoms with E-state index in [9.17, 15) is 9.59 Å². The molecule has 1 aliphatic carbocycles. The Morgan fingerprint density at radius 3 is 2.10 bits per heavy atom. The second-order valence-corrected chi connectivity index (χ2v) is 8.35. The Morgan fingerprint density at radius 1 is 0.933 bits per heavy atom. The van der Waals surface area contributed by atoms with Gasteiger partial charge in [-0.15, -0.1) is 0 Å². The van der Waals surface area contributed by atoms with Gasteiger partial charge in [0.1, 0.15) is 0 Å². The summed E-state index contributed by atoms with van der Waals surface area (Å²) < 4.78 is 5.30. The van der Waals surface area contributed by atoms with Crippen LogP contribution in [-0.4, -0.2) is 49.6 Å². The molecule has 0 radical (unpaired) electrons. The van der Waals surface area contributed by atoms with E-state index in [1.807, 2.05) is 48.5 Å². The minimum Gasteiger partial charge on any atom is -0.379 e. The van der Waals surface area contributed by atoms with Gasteiger partial charge < -0.3 is 15.4 Å². The van der Waals surface area contributed by atoms with Crippen molar-refractivity contribution in [2.75, 3.05) is 43.5 Å². The van der Waals surface area contributed by atoms with E-state index in [0.29, 0.717) is 36.2 Å². The van der Waals surface area contributed by atoms with Crippen LogP contribution in [0.5, 0.6) is 0 Å². The first-order valence-corrected chi connectivity index (χ1v) is 10.7. The van der Waals surface area contributed by atoms with Crippen molar-refractivity contribution in [3.63, 3.8) is 0 Å². The molecule has 2 aromatic rings. The average molecular weight is 428 g/mol. The number of rotatable bonds is 6. The highest BCUT2D eigenvalue weighted by Gasteiger charge is 2.45. The Bertz CT molecular complexity index is 889. The number of hydrogen-bond acceptors (Lipinski definition) is 4. The summed E-state index contributed by atoms with van der Waals surface area (Å²) in [6.45, 7) is 3.23. The van der Waals surface area contributed by atoms with E-state index in [2.05, 4.69) is 15.5 Å². The highest BCUT2D eigenvalue weighted by molar-refractivity contribution is 6.30. The minimum atomic E-state index is -0.490. The number of halogens is 1. The molecular formula is C23H26ClN3O3. The lowest BCUT2D eigenvalue weighted by Crippen LogP contribution is -2.46. The van der Waals surface area contributed by atoms with Crippen molar-refractivity contribution >= 4 is 34.8 Å². The molecule has 7 heteroatoms. The summed E-state index contributed by atoms with van der Waals surface area (Å²) in [6, 6.07) is 14.8. The third kappa shape index (κ3) is 4.67. The van der Waals surface area contributed by atoms with Gasteiger partial charge >= 0.3 is 0 Å². The van der Waals surface area contributed by atoms with E-state index in [4.69, 9.17) is 16.3 Å². The maximum atomic E-state index is 13.1. The largest absolute Gasteiger partial charge is 0.379 e. The summed E-state index contributed by atoms with van der Waals surface area (Å²) >= 11 is 6.00. The number of ether oxygens (including phenoxy) is 1. The second kappa shape index (κ2) is 9.16. The molecule has 0 spiro atoms. The van der Waals surface area contributed by atoms with Crippen LogP contribution < -0.4 is 10.6 Å². The molecule has 4 rings (SSSR count). The maximum absolute atomic E-state index is 13.1. The van der Waals surface area contributed by atoms with Crippen LogP contribution in [0.15, 0.2) is 48.5 Å². The lowest BCUT2D eigenvalue weighted by molar-refractivity contribution is -0.124. The Balaban J connectivity index is 1.35. The number of benzene rings is 2. The molecule has 1 saturated carbocycles. The van der Waals surface area contributed by atoms with Crippen LogP contribution in [0, 0.1) is 0 Å². The first-order valence-electron chi connectivity index (χ1n) is 10.3. The first-order chi connectivity index (χ1) is 14.5. The van der Waals surface area contributed by atoms with Gasteiger partial charge in [0, 0.05) is 29.5 Å². The number of nitrogens with one attached hydrogen (secondary N) is 2. The summed E-state index contributed by atoms with van der Waals surface area (Å²) in [6.07, 6.45) is 2.69. The number of amides is 2. The van der Waals surface area contributed by atoms with Crippen LogP contribution in [0.4, 0.5) is 11.4 Å². The molecule has 2 fully saturated rings. The highest BCUT2D eigenvalue weighted by atomic mass is 35.5. The maximum Gasteiger partial charge on any atom is 0.238 e. The molecule has 158 valence electrons. The molecule has 2 aliphatic rings. The van der Waals surface area contributed by atoms with Crippen molar-refractivity contribution in [3.8, 4) is 0 Å². The van der Waals surface area contributed by atoms with E-state index in [-0.39, 0.29) is 11.8 Å². The topological polar surface area (TPSA) is 70.7 Å². The molecule has 1 aliphatic heterocycles. The van der Waals surface area contributed by atoms with E-state index >= 15 is 0 Å². The lowest BCUT2D eigenvalue weighted by Gasteiger charge is -2.40. The van der Waals surface area contributed by atoms with Gasteiger partial charge in [-0.05, 0) is 54.8 Å². The first kappa shape index (κ1) is 20.8. The molecule has 0 bridgehead atoms. The fourth-order valence-electron chi connectivity index (χ4n) is 4.00. The minimum absolute atomic E-state index is 0.000162. The standard InChI is InChI=1S/C23H26ClN3O3/c24-18-4-2-17(3-5-18)23(10-1-11-23)22(29)26-20-8-6-19(7-9-20)25-21(28)16-27-12-14-30-15-13-27/h2-9H,1,10-16H2,(H,25,28)(H,26,29). The molecule has 2 amide bonds. The number of nitrogens with zero attached hydrogens (tertiary/aromatic N) is 1. The molecule has 30 heavy (non-hydrogen) atoms. The molecule has 0 atom stereocenters. The van der Waals surface area contributed by atoms with E-state index in [1.54, 1.807) is 0 Å². The van der Waals surface area contributed by atoms with Crippen molar-refractivity contribution in [3.05, 3.63) is 59.1 Å². The van der Waals surface area contributed by atoms with Gasteiger partial charge in [0.05, 0.1) is 25.2 Å². The van der Waals surface area contributed by atoms with Crippen molar-refractivity contribution in [2.45, 2.75) is 24.7 Å². The smallest absolute Gasteiger partial charge is 0.238 e. The number of morpholine rings is 1. The lowest BCUT2D eigenvalue weighted by atomic mass is 9.64. The summed E-state index contributed by atoms with van der Waals surface area (Å²) in [5.41, 5.74) is 1.94. The van der Waals surface area contributed by atoms with Crippen molar-refractivity contribution < 1.29 is 14.3 Å². The highest BCUT2D eigenvalue weighted by Crippen LogP contribution is 2.44. The van der Waals surface area contributed by atoms with Gasteiger partial charge in [-0.1, -0.05) is 30.2 Å². The second-order valence-electron chi connectivity index (χ2n) is 7.91. The third-order valence-corrected chi connectivity index (χ3v) is 6.19. The molecular weight excluding hydrogens is 402 g/mol. The van der Waals surface area contributed by atoms with Crippen molar-refractivity contribution in [1.29, 1.82) is 0 Å². The van der Waals surface area contributed by atoms with Gasteiger partial charge in [0.2, 0.25) is 11.8 Å². The summed E-state index contributed by atoms with van der Waals surface area (Å²) in [7, 11) is 0. The third-order valence-electron chi connectivity index (χ3n) is 5.94. The Morgan fingerprint density at radius 2 is 1.53 bits per heavy atom. The van der Waals surface area contributed by atoms with Crippen LogP contribution in [0.1, 0.15) is 24.8 Å². The molecule has 2 aromatic carbocycles. The number of carbonyl (C=O) groups excluding carboxylic acids is 2. The van der Waals surface area contributed by atoms with Crippen LogP contribution in [0.2, 0.25) is 5.02 Å². The monoisotopic (exact) mass is 427 g/mol. The van der Waals surface area contributed by atoms with E-state index in [0.717, 1.165) is 37.9 Å². The summed E-state index contributed by atoms with van der Waals surface area (Å²) in [5.74, 6) is -0.0509. The zero-order valence-electron chi connectivity index (χ0n) is 16.8. The normalized spacial score (nSPS) is 18.3. The van der Waals surface area contributed by atoms with Gasteiger partial charge in [-0.3, -0.25) is 14.5 Å². The molecule has 0 unspecified atom stereocenters. The molecule has 2 N–H and O–H groups in total. The summed E-state index contributed by atoms with van der Waals surface area (Å²) in [4.78, 5) is 27.4. The molecule has 1 saturated heterocycles. The Hall–Kier alpha value is -2.41. The fourth-order valence-corrected chi connectivity index (χ4v) is 4.12. The summed E-state index contributed by atoms with van der Waals surface area (Å²) in [5, 5.41) is 6.61. The van der Waals surface area contributed by atoms with Crippen LogP contribution in [0.3, 0.4) is 0 Å². The van der Waals surface area contributed by atoms with Gasteiger partial charge in [-0.2, -0.15) is 0 Å². The molecule has 1 heterocycles. The molecule has 0 aromatic heterocycles. The van der Waals surface area contributed by atoms with Gasteiger partial charge in [-0.25, -0.2) is 0 Å². The Labute approximate surface area is 181 Å². The quantitative estimate of drug-likeness (QED) is 0.737. The fraction of sp³-hybridized carbons (Fsp3) is 0.391. The zero-order chi connectivity index (χ0) is 21.0. The zero-order valence-corrected chi connectivity index (χ0v) is 17.6. The predicted molar refractivity (Wildman–Crippen MR) is 118 cm³/mol. The van der Waals surface area contributed by atoms with Crippen LogP contribution in [0.25, 0.3) is 0 Å². The van der Waals surface area contributed by atoms with Gasteiger partial charge in [0.15, 0.2) is 0 Å². The van der Waals surface area contributed by atoms with Crippen molar-refractivity contribution in [1.82, 2.24) is 4.90 Å². The van der Waals surface area contributed by atoms with E-state index in [1.165, 1.54) is 0 Å². The average Bonchev–Trinajstić information content (AvgIpc) is 2.71. The SMILES string of the molecule is O=C(CN1CCOCC1)Nc1ccc(NC(=O)C2(c3ccc(Cl)cc3)CCC2)cc1. The molecule has 6 nitrogen and oxygen atoms in total. The number of carbonyl (C=O) groups is 2. The van der Waals surface area contributed by atoms with Crippen LogP contribution >= 0.6 is 11.6 Å². The van der Waals surface area contributed by atoms with Crippen LogP contribution in [-0.2, 0) is 19.7 Å². The van der Waals surface area contributed by atoms with Gasteiger partial charge in [0.25, 0.3) is 0 Å².